The fourth-order valence-corrected chi connectivity index (χ4v) is 6.25. The van der Waals surface area contributed by atoms with Crippen molar-refractivity contribution in [2.45, 2.75) is 23.6 Å². The minimum Gasteiger partial charge on any atom is -0.497 e. The first kappa shape index (κ1) is 20.4. The molecule has 2 aromatic carbocycles. The van der Waals surface area contributed by atoms with Crippen LogP contribution in [0.5, 0.6) is 5.75 Å². The second kappa shape index (κ2) is 8.12. The number of para-hydroxylation sites is 1. The smallest absolute Gasteiger partial charge is 0.274 e. The van der Waals surface area contributed by atoms with Crippen LogP contribution < -0.4 is 13.9 Å². The van der Waals surface area contributed by atoms with Crippen molar-refractivity contribution < 1.29 is 17.9 Å². The Balaban J connectivity index is 1.70. The molecule has 0 unspecified atom stereocenters. The number of rotatable bonds is 6. The van der Waals surface area contributed by atoms with E-state index in [-0.39, 0.29) is 22.7 Å². The number of hydrogen-bond donors (Lipinski definition) is 0. The summed E-state index contributed by atoms with van der Waals surface area (Å²) < 4.78 is 33.3. The Hall–Kier alpha value is -2.84. The van der Waals surface area contributed by atoms with Gasteiger partial charge < -0.3 is 9.64 Å². The van der Waals surface area contributed by atoms with E-state index in [0.717, 1.165) is 29.0 Å². The maximum Gasteiger partial charge on any atom is 0.274 e. The quantitative estimate of drug-likeness (QED) is 0.580. The van der Waals surface area contributed by atoms with Crippen LogP contribution >= 0.6 is 11.3 Å². The van der Waals surface area contributed by atoms with Crippen LogP contribution in [0.3, 0.4) is 0 Å². The Morgan fingerprint density at radius 3 is 2.53 bits per heavy atom. The molecule has 0 radical (unpaired) electrons. The molecular weight excluding hydrogens is 420 g/mol. The van der Waals surface area contributed by atoms with Crippen LogP contribution in [0, 0.1) is 0 Å². The van der Waals surface area contributed by atoms with Gasteiger partial charge in [0.25, 0.3) is 10.0 Å². The second-order valence-corrected chi connectivity index (χ2v) is 10.1. The normalized spacial score (nSPS) is 15.7. The van der Waals surface area contributed by atoms with Gasteiger partial charge >= 0.3 is 0 Å². The van der Waals surface area contributed by atoms with E-state index in [4.69, 9.17) is 4.74 Å². The Kier molecular flexibility index (Phi) is 5.53. The highest BCUT2D eigenvalue weighted by Gasteiger charge is 2.35. The Morgan fingerprint density at radius 2 is 1.87 bits per heavy atom. The first-order valence-electron chi connectivity index (χ1n) is 9.52. The summed E-state index contributed by atoms with van der Waals surface area (Å²) >= 11 is 1.13. The van der Waals surface area contributed by atoms with Crippen LogP contribution in [-0.4, -0.2) is 34.0 Å². The average Bonchev–Trinajstić information content (AvgIpc) is 3.39. The minimum absolute atomic E-state index is 0.0305. The van der Waals surface area contributed by atoms with E-state index in [1.54, 1.807) is 53.8 Å². The molecule has 6 nitrogen and oxygen atoms in total. The van der Waals surface area contributed by atoms with E-state index in [1.807, 2.05) is 31.2 Å². The number of fused-ring (bicyclic) bond motifs is 1. The van der Waals surface area contributed by atoms with Crippen molar-refractivity contribution in [3.8, 4) is 5.75 Å². The highest BCUT2D eigenvalue weighted by Crippen LogP contribution is 2.33. The maximum atomic E-state index is 13.4. The van der Waals surface area contributed by atoms with Crippen LogP contribution in [0.15, 0.2) is 70.3 Å². The van der Waals surface area contributed by atoms with E-state index >= 15 is 0 Å². The topological polar surface area (TPSA) is 66.9 Å². The summed E-state index contributed by atoms with van der Waals surface area (Å²) in [7, 11) is -2.34. The molecule has 0 N–H and O–H groups in total. The van der Waals surface area contributed by atoms with Crippen LogP contribution in [0.2, 0.25) is 0 Å². The number of methoxy groups -OCH3 is 1. The summed E-state index contributed by atoms with van der Waals surface area (Å²) in [6, 6.07) is 17.6. The van der Waals surface area contributed by atoms with Crippen LogP contribution in [0.25, 0.3) is 0 Å². The van der Waals surface area contributed by atoms with Crippen LogP contribution in [0.4, 0.5) is 11.4 Å². The first-order chi connectivity index (χ1) is 14.4. The van der Waals surface area contributed by atoms with Gasteiger partial charge in [-0.25, -0.2) is 8.42 Å². The molecule has 4 rings (SSSR count). The molecule has 1 atom stereocenters. The molecule has 3 aromatic rings. The van der Waals surface area contributed by atoms with Crippen molar-refractivity contribution in [3.05, 3.63) is 71.6 Å². The molecule has 1 aliphatic rings. The van der Waals surface area contributed by atoms with Crippen molar-refractivity contribution in [2.75, 3.05) is 22.9 Å². The van der Waals surface area contributed by atoms with Crippen molar-refractivity contribution >= 4 is 38.6 Å². The third kappa shape index (κ3) is 3.68. The molecule has 0 aliphatic carbocycles. The van der Waals surface area contributed by atoms with Crippen molar-refractivity contribution in [2.24, 2.45) is 0 Å². The van der Waals surface area contributed by atoms with Gasteiger partial charge in [0.15, 0.2) is 0 Å². The van der Waals surface area contributed by atoms with Crippen LogP contribution in [0.1, 0.15) is 12.5 Å². The summed E-state index contributed by atoms with van der Waals surface area (Å²) in [5, 5.41) is 1.71. The predicted octanol–water partition coefficient (Wildman–Crippen LogP) is 3.93. The molecule has 1 amide bonds. The summed E-state index contributed by atoms with van der Waals surface area (Å²) in [5.74, 6) is 0.351. The molecule has 0 spiro atoms. The van der Waals surface area contributed by atoms with Gasteiger partial charge in [-0.3, -0.25) is 9.10 Å². The second-order valence-electron chi connectivity index (χ2n) is 7.09. The molecule has 0 bridgehead atoms. The van der Waals surface area contributed by atoms with E-state index in [2.05, 4.69) is 0 Å². The van der Waals surface area contributed by atoms with Gasteiger partial charge in [0.05, 0.1) is 12.8 Å². The lowest BCUT2D eigenvalue weighted by Gasteiger charge is -2.28. The molecule has 2 heterocycles. The zero-order chi connectivity index (χ0) is 21.3. The lowest BCUT2D eigenvalue weighted by molar-refractivity contribution is -0.117. The summed E-state index contributed by atoms with van der Waals surface area (Å²) in [6.07, 6.45) is 0.752. The zero-order valence-corrected chi connectivity index (χ0v) is 18.3. The molecule has 30 heavy (non-hydrogen) atoms. The van der Waals surface area contributed by atoms with Gasteiger partial charge in [-0.15, -0.1) is 11.3 Å². The largest absolute Gasteiger partial charge is 0.497 e. The van der Waals surface area contributed by atoms with Crippen LogP contribution in [-0.2, 0) is 21.2 Å². The summed E-state index contributed by atoms with van der Waals surface area (Å²) in [4.78, 5) is 15.0. The molecule has 0 saturated heterocycles. The third-order valence-corrected chi connectivity index (χ3v) is 8.30. The Labute approximate surface area is 180 Å². The number of carbonyl (C=O) groups is 1. The van der Waals surface area contributed by atoms with Gasteiger partial charge in [0.2, 0.25) is 5.91 Å². The van der Waals surface area contributed by atoms with Crippen molar-refractivity contribution in [3.63, 3.8) is 0 Å². The average molecular weight is 443 g/mol. The third-order valence-electron chi connectivity index (χ3n) is 5.15. The number of thiophene rings is 1. The van der Waals surface area contributed by atoms with Gasteiger partial charge in [0.1, 0.15) is 16.5 Å². The predicted molar refractivity (Wildman–Crippen MR) is 119 cm³/mol. The fraction of sp³-hybridized carbons (Fsp3) is 0.227. The Morgan fingerprint density at radius 1 is 1.13 bits per heavy atom. The van der Waals surface area contributed by atoms with E-state index in [0.29, 0.717) is 11.4 Å². The number of ether oxygens (including phenoxy) is 1. The fourth-order valence-electron chi connectivity index (χ4n) is 3.73. The molecule has 1 aliphatic heterocycles. The molecule has 8 heteroatoms. The minimum atomic E-state index is -3.89. The SMILES string of the molecule is COc1ccc(N(CC(=O)N2c3ccccc3C[C@H]2C)S(=O)(=O)c2cccs2)cc1. The summed E-state index contributed by atoms with van der Waals surface area (Å²) in [5.41, 5.74) is 2.35. The monoisotopic (exact) mass is 442 g/mol. The molecule has 1 aromatic heterocycles. The maximum absolute atomic E-state index is 13.4. The highest BCUT2D eigenvalue weighted by atomic mass is 32.2. The molecule has 0 fully saturated rings. The number of benzene rings is 2. The summed E-state index contributed by atoms with van der Waals surface area (Å²) in [6.45, 7) is 1.69. The van der Waals surface area contributed by atoms with Gasteiger partial charge in [-0.05, 0) is 60.7 Å². The molecule has 0 saturated carbocycles. The van der Waals surface area contributed by atoms with Gasteiger partial charge in [-0.1, -0.05) is 24.3 Å². The van der Waals surface area contributed by atoms with E-state index < -0.39 is 10.0 Å². The molecular formula is C22H22N2O4S2. The highest BCUT2D eigenvalue weighted by molar-refractivity contribution is 7.94. The van der Waals surface area contributed by atoms with Gasteiger partial charge in [0, 0.05) is 11.7 Å². The van der Waals surface area contributed by atoms with E-state index in [9.17, 15) is 13.2 Å². The number of anilines is 2. The standard InChI is InChI=1S/C22H22N2O4S2/c1-16-14-17-6-3-4-7-20(17)24(16)21(25)15-23(18-9-11-19(28-2)12-10-18)30(26,27)22-8-5-13-29-22/h3-13,16H,14-15H2,1-2H3/t16-/m1/s1. The lowest BCUT2D eigenvalue weighted by Crippen LogP contribution is -2.45. The van der Waals surface area contributed by atoms with E-state index in [1.165, 1.54) is 4.31 Å². The lowest BCUT2D eigenvalue weighted by atomic mass is 10.1. The number of sulfonamides is 1. The first-order valence-corrected chi connectivity index (χ1v) is 11.8. The number of amides is 1. The molecule has 156 valence electrons. The number of carbonyl (C=O) groups excluding carboxylic acids is 1. The van der Waals surface area contributed by atoms with Gasteiger partial charge in [-0.2, -0.15) is 0 Å². The Bertz CT molecular complexity index is 1140. The van der Waals surface area contributed by atoms with Crippen molar-refractivity contribution in [1.82, 2.24) is 0 Å². The van der Waals surface area contributed by atoms with Crippen molar-refractivity contribution in [1.29, 1.82) is 0 Å². The number of nitrogens with zero attached hydrogens (tertiary/aromatic N) is 2. The number of hydrogen-bond acceptors (Lipinski definition) is 5. The zero-order valence-electron chi connectivity index (χ0n) is 16.7.